The van der Waals surface area contributed by atoms with Crippen LogP contribution < -0.4 is 10.5 Å². The summed E-state index contributed by atoms with van der Waals surface area (Å²) in [7, 11) is 0. The van der Waals surface area contributed by atoms with E-state index >= 15 is 0 Å². The van der Waals surface area contributed by atoms with E-state index in [2.05, 4.69) is 0 Å². The Labute approximate surface area is 212 Å². The van der Waals surface area contributed by atoms with Gasteiger partial charge >= 0.3 is 5.97 Å². The molecule has 2 saturated heterocycles. The largest absolute Gasteiger partial charge is 0.481 e. The number of anilines is 1. The summed E-state index contributed by atoms with van der Waals surface area (Å²) in [6.45, 7) is 5.55. The summed E-state index contributed by atoms with van der Waals surface area (Å²) in [6.07, 6.45) is 5.23. The number of aromatic nitrogens is 2. The zero-order chi connectivity index (χ0) is 25.1. The molecule has 2 atom stereocenters. The van der Waals surface area contributed by atoms with Gasteiger partial charge in [-0.05, 0) is 44.9 Å². The number of carboxylic acid groups (broad SMARTS) is 1. The molecule has 0 saturated carbocycles. The van der Waals surface area contributed by atoms with E-state index in [4.69, 9.17) is 27.0 Å². The molecule has 4 rings (SSSR count). The maximum atomic E-state index is 13.5. The van der Waals surface area contributed by atoms with Gasteiger partial charge in [0.25, 0.3) is 11.5 Å². The highest BCUT2D eigenvalue weighted by atomic mass is 32.2. The van der Waals surface area contributed by atoms with Crippen LogP contribution in [0.2, 0.25) is 0 Å². The molecular weight excluding hydrogens is 488 g/mol. The molecule has 4 heterocycles. The average molecular weight is 517 g/mol. The average Bonchev–Trinajstić information content (AvgIpc) is 3.07. The minimum atomic E-state index is -0.825. The van der Waals surface area contributed by atoms with Crippen molar-refractivity contribution in [1.29, 1.82) is 0 Å². The second-order valence-electron chi connectivity index (χ2n) is 8.78. The van der Waals surface area contributed by atoms with E-state index in [0.29, 0.717) is 65.2 Å². The Bertz CT molecular complexity index is 1230. The highest BCUT2D eigenvalue weighted by Crippen LogP contribution is 2.34. The lowest BCUT2D eigenvalue weighted by molar-refractivity contribution is -0.137. The Hall–Kier alpha value is -2.76. The summed E-state index contributed by atoms with van der Waals surface area (Å²) in [4.78, 5) is 46.1. The van der Waals surface area contributed by atoms with E-state index in [0.717, 1.165) is 0 Å². The molecule has 0 aromatic carbocycles. The van der Waals surface area contributed by atoms with Gasteiger partial charge in [-0.1, -0.05) is 36.5 Å². The van der Waals surface area contributed by atoms with Crippen LogP contribution in [0.5, 0.6) is 0 Å². The van der Waals surface area contributed by atoms with Gasteiger partial charge in [-0.2, -0.15) is 0 Å². The van der Waals surface area contributed by atoms with Gasteiger partial charge in [-0.15, -0.1) is 0 Å². The predicted octanol–water partition coefficient (Wildman–Crippen LogP) is 3.15. The SMILES string of the molecule is CC1CN(c2nc3ccccn3c(=O)c2C=C2SC(=S)N(CCCCCC(=O)O)C2=O)CC(C)O1. The summed E-state index contributed by atoms with van der Waals surface area (Å²) in [5, 5.41) is 8.78. The molecule has 9 nitrogen and oxygen atoms in total. The van der Waals surface area contributed by atoms with E-state index in [9.17, 15) is 14.4 Å². The Morgan fingerprint density at radius 2 is 1.97 bits per heavy atom. The Morgan fingerprint density at radius 1 is 1.23 bits per heavy atom. The normalized spacial score (nSPS) is 21.9. The molecule has 0 spiro atoms. The maximum absolute atomic E-state index is 13.5. The summed E-state index contributed by atoms with van der Waals surface area (Å²) >= 11 is 6.61. The molecule has 2 fully saturated rings. The second-order valence-corrected chi connectivity index (χ2v) is 10.5. The number of carbonyl (C=O) groups excluding carboxylic acids is 1. The van der Waals surface area contributed by atoms with E-state index in [-0.39, 0.29) is 30.1 Å². The molecule has 2 aliphatic heterocycles. The van der Waals surface area contributed by atoms with E-state index in [1.165, 1.54) is 21.1 Å². The van der Waals surface area contributed by atoms with Crippen molar-refractivity contribution in [3.8, 4) is 0 Å². The van der Waals surface area contributed by atoms with Crippen molar-refractivity contribution in [2.24, 2.45) is 0 Å². The summed E-state index contributed by atoms with van der Waals surface area (Å²) in [5.41, 5.74) is 0.624. The molecule has 1 amide bonds. The van der Waals surface area contributed by atoms with Gasteiger partial charge in [-0.3, -0.25) is 23.7 Å². The molecule has 0 bridgehead atoms. The molecule has 186 valence electrons. The second kappa shape index (κ2) is 10.9. The van der Waals surface area contributed by atoms with Crippen molar-refractivity contribution in [2.45, 2.75) is 51.7 Å². The minimum Gasteiger partial charge on any atom is -0.481 e. The number of amides is 1. The molecular formula is C24H28N4O5S2. The Balaban J connectivity index is 1.65. The first-order chi connectivity index (χ1) is 16.7. The third kappa shape index (κ3) is 5.74. The fraction of sp³-hybridized carbons (Fsp3) is 0.458. The third-order valence-electron chi connectivity index (χ3n) is 5.89. The molecule has 2 aromatic heterocycles. The van der Waals surface area contributed by atoms with Crippen molar-refractivity contribution < 1.29 is 19.4 Å². The smallest absolute Gasteiger partial charge is 0.303 e. The fourth-order valence-corrected chi connectivity index (χ4v) is 5.65. The maximum Gasteiger partial charge on any atom is 0.303 e. The lowest BCUT2D eigenvalue weighted by Crippen LogP contribution is -2.46. The summed E-state index contributed by atoms with van der Waals surface area (Å²) < 4.78 is 7.77. The van der Waals surface area contributed by atoms with Crippen LogP contribution in [0, 0.1) is 0 Å². The van der Waals surface area contributed by atoms with Crippen molar-refractivity contribution in [3.05, 3.63) is 45.2 Å². The van der Waals surface area contributed by atoms with Gasteiger partial charge in [0, 0.05) is 32.3 Å². The number of unbranched alkanes of at least 4 members (excludes halogenated alkanes) is 2. The number of hydrogen-bond donors (Lipinski definition) is 1. The number of ether oxygens (including phenoxy) is 1. The van der Waals surface area contributed by atoms with Crippen LogP contribution in [-0.2, 0) is 14.3 Å². The van der Waals surface area contributed by atoms with Gasteiger partial charge in [0.05, 0.1) is 22.7 Å². The van der Waals surface area contributed by atoms with E-state index in [1.54, 1.807) is 24.4 Å². The standard InChI is InChI=1S/C24H28N4O5S2/c1-15-13-26(14-16(2)33-15)21-17(22(31)27-10-7-5-8-19(27)25-21)12-18-23(32)28(24(34)35-18)11-6-3-4-9-20(29)30/h5,7-8,10,12,15-16H,3-4,6,9,11,13-14H2,1-2H3,(H,29,30). The van der Waals surface area contributed by atoms with Gasteiger partial charge in [0.15, 0.2) is 0 Å². The number of hydrogen-bond acceptors (Lipinski definition) is 8. The summed E-state index contributed by atoms with van der Waals surface area (Å²) in [6, 6.07) is 5.38. The number of carbonyl (C=O) groups is 2. The van der Waals surface area contributed by atoms with Gasteiger partial charge < -0.3 is 14.7 Å². The Morgan fingerprint density at radius 3 is 2.69 bits per heavy atom. The number of fused-ring (bicyclic) bond motifs is 1. The van der Waals surface area contributed by atoms with Crippen LogP contribution in [0.4, 0.5) is 5.82 Å². The minimum absolute atomic E-state index is 0.0260. The van der Waals surface area contributed by atoms with Crippen LogP contribution >= 0.6 is 24.0 Å². The number of pyridine rings is 1. The lowest BCUT2D eigenvalue weighted by Gasteiger charge is -2.36. The van der Waals surface area contributed by atoms with Crippen LogP contribution in [0.25, 0.3) is 11.7 Å². The topological polar surface area (TPSA) is 104 Å². The number of carboxylic acids is 1. The van der Waals surface area contributed by atoms with Crippen LogP contribution in [0.15, 0.2) is 34.1 Å². The highest BCUT2D eigenvalue weighted by Gasteiger charge is 2.33. The van der Waals surface area contributed by atoms with Crippen molar-refractivity contribution in [3.63, 3.8) is 0 Å². The molecule has 11 heteroatoms. The van der Waals surface area contributed by atoms with E-state index in [1.807, 2.05) is 24.8 Å². The lowest BCUT2D eigenvalue weighted by atomic mass is 10.1. The Kier molecular flexibility index (Phi) is 7.88. The van der Waals surface area contributed by atoms with Gasteiger partial charge in [0.2, 0.25) is 0 Å². The third-order valence-corrected chi connectivity index (χ3v) is 7.27. The van der Waals surface area contributed by atoms with Crippen LogP contribution in [0.3, 0.4) is 0 Å². The summed E-state index contributed by atoms with van der Waals surface area (Å²) in [5.74, 6) is -0.540. The molecule has 2 aliphatic rings. The first-order valence-corrected chi connectivity index (χ1v) is 12.9. The quantitative estimate of drug-likeness (QED) is 0.322. The van der Waals surface area contributed by atoms with E-state index < -0.39 is 5.97 Å². The molecule has 2 unspecified atom stereocenters. The van der Waals surface area contributed by atoms with Crippen molar-refractivity contribution in [1.82, 2.24) is 14.3 Å². The van der Waals surface area contributed by atoms with Crippen molar-refractivity contribution >= 4 is 57.7 Å². The predicted molar refractivity (Wildman–Crippen MR) is 140 cm³/mol. The van der Waals surface area contributed by atoms with Crippen LogP contribution in [-0.4, -0.2) is 67.4 Å². The van der Waals surface area contributed by atoms with Crippen LogP contribution in [0.1, 0.15) is 45.1 Å². The molecule has 0 aliphatic carbocycles. The highest BCUT2D eigenvalue weighted by molar-refractivity contribution is 8.26. The molecule has 1 N–H and O–H groups in total. The molecule has 0 radical (unpaired) electrons. The van der Waals surface area contributed by atoms with Crippen molar-refractivity contribution in [2.75, 3.05) is 24.5 Å². The number of aliphatic carboxylic acids is 1. The fourth-order valence-electron chi connectivity index (χ4n) is 4.36. The number of nitrogens with zero attached hydrogens (tertiary/aromatic N) is 4. The zero-order valence-electron chi connectivity index (χ0n) is 19.7. The first kappa shape index (κ1) is 25.3. The van der Waals surface area contributed by atoms with Gasteiger partial charge in [-0.25, -0.2) is 4.98 Å². The number of thiocarbonyl (C=S) groups is 1. The molecule has 2 aromatic rings. The number of thioether (sulfide) groups is 1. The van der Waals surface area contributed by atoms with Gasteiger partial charge in [0.1, 0.15) is 15.8 Å². The molecule has 35 heavy (non-hydrogen) atoms. The first-order valence-electron chi connectivity index (χ1n) is 11.6. The zero-order valence-corrected chi connectivity index (χ0v) is 21.3. The monoisotopic (exact) mass is 516 g/mol. The number of morpholine rings is 1. The number of rotatable bonds is 8.